The minimum Gasteiger partial charge on any atom is -0.348 e. The number of carbonyl (C=O) groups is 1. The van der Waals surface area contributed by atoms with Gasteiger partial charge in [-0.15, -0.1) is 10.2 Å². The fourth-order valence-corrected chi connectivity index (χ4v) is 2.82. The van der Waals surface area contributed by atoms with Crippen molar-refractivity contribution in [3.63, 3.8) is 0 Å². The van der Waals surface area contributed by atoms with Crippen molar-refractivity contribution in [2.75, 3.05) is 10.2 Å². The molecule has 1 N–H and O–H groups in total. The number of hydrogen-bond donors (Lipinski definition) is 1. The molecule has 0 fully saturated rings. The van der Waals surface area contributed by atoms with Crippen LogP contribution in [0.25, 0.3) is 0 Å². The van der Waals surface area contributed by atoms with Crippen molar-refractivity contribution in [3.8, 4) is 0 Å². The highest BCUT2D eigenvalue weighted by atomic mass is 16.1. The number of amides is 1. The Morgan fingerprint density at radius 3 is 2.07 bits per heavy atom. The number of carbonyl (C=O) groups excluding carboxylic acids is 1. The van der Waals surface area contributed by atoms with E-state index in [4.69, 9.17) is 0 Å². The summed E-state index contributed by atoms with van der Waals surface area (Å²) in [6.07, 6.45) is 0.316. The van der Waals surface area contributed by atoms with Crippen molar-refractivity contribution in [1.82, 2.24) is 10.2 Å². The fourth-order valence-electron chi connectivity index (χ4n) is 2.82. The average molecular weight is 360 g/mol. The van der Waals surface area contributed by atoms with E-state index in [1.165, 1.54) is 5.56 Å². The van der Waals surface area contributed by atoms with E-state index in [-0.39, 0.29) is 11.9 Å². The van der Waals surface area contributed by atoms with E-state index >= 15 is 0 Å². The van der Waals surface area contributed by atoms with E-state index in [9.17, 15) is 4.79 Å². The summed E-state index contributed by atoms with van der Waals surface area (Å²) in [7, 11) is 0. The lowest BCUT2D eigenvalue weighted by atomic mass is 10.1. The minimum absolute atomic E-state index is 0.103. The molecule has 0 aliphatic carbocycles. The van der Waals surface area contributed by atoms with Crippen molar-refractivity contribution in [2.24, 2.45) is 0 Å². The third-order valence-electron chi connectivity index (χ3n) is 4.24. The summed E-state index contributed by atoms with van der Waals surface area (Å²) in [6.45, 7) is 5.01. The van der Waals surface area contributed by atoms with E-state index in [2.05, 4.69) is 46.4 Å². The molecule has 0 bridgehead atoms. The van der Waals surface area contributed by atoms with Crippen molar-refractivity contribution in [2.45, 2.75) is 32.9 Å². The second-order valence-electron chi connectivity index (χ2n) is 6.69. The Bertz CT molecular complexity index is 849. The maximum atomic E-state index is 12.2. The number of nitrogens with one attached hydrogen (secondary N) is 1. The molecule has 0 atom stereocenters. The number of anilines is 2. The molecule has 1 heterocycles. The topological polar surface area (TPSA) is 58.1 Å². The van der Waals surface area contributed by atoms with Gasteiger partial charge in [-0.05, 0) is 37.1 Å². The number of rotatable bonds is 7. The maximum Gasteiger partial charge on any atom is 0.229 e. The zero-order chi connectivity index (χ0) is 19.1. The molecular formula is C22H24N4O. The standard InChI is InChI=1S/C22H24N4O/c1-17(2)26(16-19-11-7-4-8-12-19)21-14-13-20(24-25-21)23-22(27)15-18-9-5-3-6-10-18/h3-14,17H,15-16H2,1-2H3,(H,23,24,27). The molecule has 27 heavy (non-hydrogen) atoms. The van der Waals surface area contributed by atoms with Gasteiger partial charge in [0.15, 0.2) is 11.6 Å². The summed E-state index contributed by atoms with van der Waals surface area (Å²) in [5.74, 6) is 1.14. The van der Waals surface area contributed by atoms with Crippen LogP contribution in [0.15, 0.2) is 72.8 Å². The predicted molar refractivity (Wildman–Crippen MR) is 109 cm³/mol. The fraction of sp³-hybridized carbons (Fsp3) is 0.227. The zero-order valence-electron chi connectivity index (χ0n) is 15.7. The molecular weight excluding hydrogens is 336 g/mol. The highest BCUT2D eigenvalue weighted by Gasteiger charge is 2.14. The summed E-state index contributed by atoms with van der Waals surface area (Å²) in [4.78, 5) is 14.3. The highest BCUT2D eigenvalue weighted by Crippen LogP contribution is 2.18. The van der Waals surface area contributed by atoms with E-state index in [0.29, 0.717) is 12.2 Å². The van der Waals surface area contributed by atoms with Gasteiger partial charge in [-0.3, -0.25) is 4.79 Å². The number of aromatic nitrogens is 2. The Morgan fingerprint density at radius 1 is 0.889 bits per heavy atom. The molecule has 0 unspecified atom stereocenters. The quantitative estimate of drug-likeness (QED) is 0.690. The molecule has 0 aliphatic rings. The zero-order valence-corrected chi connectivity index (χ0v) is 15.7. The van der Waals surface area contributed by atoms with Crippen LogP contribution in [-0.2, 0) is 17.8 Å². The van der Waals surface area contributed by atoms with Crippen molar-refractivity contribution in [1.29, 1.82) is 0 Å². The third-order valence-corrected chi connectivity index (χ3v) is 4.24. The highest BCUT2D eigenvalue weighted by molar-refractivity contribution is 5.91. The van der Waals surface area contributed by atoms with Crippen LogP contribution in [-0.4, -0.2) is 22.1 Å². The second-order valence-corrected chi connectivity index (χ2v) is 6.69. The first-order chi connectivity index (χ1) is 13.1. The van der Waals surface area contributed by atoms with Gasteiger partial charge in [0.1, 0.15) is 0 Å². The van der Waals surface area contributed by atoms with Crippen LogP contribution in [0.5, 0.6) is 0 Å². The van der Waals surface area contributed by atoms with Gasteiger partial charge in [0, 0.05) is 12.6 Å². The van der Waals surface area contributed by atoms with Crippen molar-refractivity contribution in [3.05, 3.63) is 83.9 Å². The molecule has 0 saturated carbocycles. The Labute approximate surface area is 160 Å². The van der Waals surface area contributed by atoms with E-state index in [1.807, 2.05) is 54.6 Å². The lowest BCUT2D eigenvalue weighted by molar-refractivity contribution is -0.115. The maximum absolute atomic E-state index is 12.2. The van der Waals surface area contributed by atoms with Crippen LogP contribution in [0.1, 0.15) is 25.0 Å². The molecule has 3 aromatic rings. The van der Waals surface area contributed by atoms with Gasteiger partial charge in [-0.2, -0.15) is 0 Å². The molecule has 0 aliphatic heterocycles. The number of hydrogen-bond acceptors (Lipinski definition) is 4. The molecule has 1 amide bonds. The van der Waals surface area contributed by atoms with E-state index in [1.54, 1.807) is 6.07 Å². The third kappa shape index (κ3) is 5.38. The normalized spacial score (nSPS) is 10.6. The summed E-state index contributed by atoms with van der Waals surface area (Å²) in [5.41, 5.74) is 2.18. The first-order valence-electron chi connectivity index (χ1n) is 9.10. The van der Waals surface area contributed by atoms with Gasteiger partial charge >= 0.3 is 0 Å². The van der Waals surface area contributed by atoms with Gasteiger partial charge in [0.25, 0.3) is 0 Å². The van der Waals surface area contributed by atoms with Gasteiger partial charge < -0.3 is 10.2 Å². The Hall–Kier alpha value is -3.21. The van der Waals surface area contributed by atoms with Gasteiger partial charge in [-0.1, -0.05) is 60.7 Å². The lowest BCUT2D eigenvalue weighted by Gasteiger charge is -2.27. The molecule has 5 heteroatoms. The van der Waals surface area contributed by atoms with Crippen LogP contribution < -0.4 is 10.2 Å². The minimum atomic E-state index is -0.103. The summed E-state index contributed by atoms with van der Waals surface area (Å²) in [5, 5.41) is 11.3. The second kappa shape index (κ2) is 8.94. The van der Waals surface area contributed by atoms with Crippen LogP contribution >= 0.6 is 0 Å². The molecule has 0 spiro atoms. The summed E-state index contributed by atoms with van der Waals surface area (Å²) < 4.78 is 0. The van der Waals surface area contributed by atoms with Crippen LogP contribution in [0.4, 0.5) is 11.6 Å². The van der Waals surface area contributed by atoms with Crippen molar-refractivity contribution >= 4 is 17.5 Å². The Kier molecular flexibility index (Phi) is 6.15. The smallest absolute Gasteiger partial charge is 0.229 e. The van der Waals surface area contributed by atoms with Crippen LogP contribution in [0.2, 0.25) is 0 Å². The first kappa shape index (κ1) is 18.6. The van der Waals surface area contributed by atoms with Crippen LogP contribution in [0, 0.1) is 0 Å². The van der Waals surface area contributed by atoms with Crippen LogP contribution in [0.3, 0.4) is 0 Å². The predicted octanol–water partition coefficient (Wildman–Crippen LogP) is 4.07. The summed E-state index contributed by atoms with van der Waals surface area (Å²) in [6, 6.07) is 23.9. The van der Waals surface area contributed by atoms with Gasteiger partial charge in [0.2, 0.25) is 5.91 Å². The number of nitrogens with zero attached hydrogens (tertiary/aromatic N) is 3. The number of benzene rings is 2. The lowest BCUT2D eigenvalue weighted by Crippen LogP contribution is -2.31. The molecule has 0 saturated heterocycles. The van der Waals surface area contributed by atoms with E-state index in [0.717, 1.165) is 17.9 Å². The van der Waals surface area contributed by atoms with Gasteiger partial charge in [0.05, 0.1) is 6.42 Å². The van der Waals surface area contributed by atoms with E-state index < -0.39 is 0 Å². The summed E-state index contributed by atoms with van der Waals surface area (Å²) >= 11 is 0. The Morgan fingerprint density at radius 2 is 1.52 bits per heavy atom. The largest absolute Gasteiger partial charge is 0.348 e. The van der Waals surface area contributed by atoms with Gasteiger partial charge in [-0.25, -0.2) is 0 Å². The SMILES string of the molecule is CC(C)N(Cc1ccccc1)c1ccc(NC(=O)Cc2ccccc2)nn1. The average Bonchev–Trinajstić information content (AvgIpc) is 2.68. The van der Waals surface area contributed by atoms with Crippen molar-refractivity contribution < 1.29 is 4.79 Å². The molecule has 2 aromatic carbocycles. The monoisotopic (exact) mass is 360 g/mol. The molecule has 138 valence electrons. The molecule has 0 radical (unpaired) electrons. The first-order valence-corrected chi connectivity index (χ1v) is 9.10. The Balaban J connectivity index is 1.65. The molecule has 1 aromatic heterocycles. The molecule has 3 rings (SSSR count). The molecule has 5 nitrogen and oxygen atoms in total.